The molecular formula is C23H27N3S. The van der Waals surface area contributed by atoms with Crippen molar-refractivity contribution in [2.45, 2.75) is 27.3 Å². The Hall–Kier alpha value is -2.17. The van der Waals surface area contributed by atoms with Crippen LogP contribution >= 0.6 is 11.3 Å². The topological polar surface area (TPSA) is 19.4 Å². The van der Waals surface area contributed by atoms with Crippen LogP contribution in [0.4, 0.5) is 5.69 Å². The van der Waals surface area contributed by atoms with Crippen molar-refractivity contribution in [2.75, 3.05) is 31.1 Å². The van der Waals surface area contributed by atoms with Crippen molar-refractivity contribution < 1.29 is 0 Å². The van der Waals surface area contributed by atoms with E-state index in [1.807, 2.05) is 0 Å². The molecule has 1 fully saturated rings. The van der Waals surface area contributed by atoms with Crippen molar-refractivity contribution in [3.05, 3.63) is 70.2 Å². The third-order valence-corrected chi connectivity index (χ3v) is 6.43. The predicted molar refractivity (Wildman–Crippen MR) is 116 cm³/mol. The lowest BCUT2D eigenvalue weighted by atomic mass is 10.1. The summed E-state index contributed by atoms with van der Waals surface area (Å²) in [5.41, 5.74) is 7.88. The van der Waals surface area contributed by atoms with Crippen molar-refractivity contribution >= 4 is 17.0 Å². The number of aromatic nitrogens is 1. The lowest BCUT2D eigenvalue weighted by molar-refractivity contribution is 0.247. The van der Waals surface area contributed by atoms with Gasteiger partial charge in [-0.05, 0) is 44.0 Å². The maximum atomic E-state index is 4.88. The molecule has 27 heavy (non-hydrogen) atoms. The molecule has 4 rings (SSSR count). The quantitative estimate of drug-likeness (QED) is 0.634. The molecule has 0 atom stereocenters. The van der Waals surface area contributed by atoms with Crippen LogP contribution in [0.15, 0.2) is 47.8 Å². The molecule has 0 radical (unpaired) electrons. The Balaban J connectivity index is 1.38. The van der Waals surface area contributed by atoms with Gasteiger partial charge in [-0.25, -0.2) is 4.98 Å². The second-order valence-electron chi connectivity index (χ2n) is 7.50. The minimum Gasteiger partial charge on any atom is -0.369 e. The molecule has 0 saturated carbocycles. The van der Waals surface area contributed by atoms with Gasteiger partial charge < -0.3 is 4.90 Å². The highest BCUT2D eigenvalue weighted by molar-refractivity contribution is 7.13. The summed E-state index contributed by atoms with van der Waals surface area (Å²) < 4.78 is 0. The molecule has 1 aromatic heterocycles. The first-order valence-electron chi connectivity index (χ1n) is 9.65. The molecule has 3 aromatic rings. The van der Waals surface area contributed by atoms with Crippen LogP contribution in [0.5, 0.6) is 0 Å². The fourth-order valence-electron chi connectivity index (χ4n) is 3.74. The maximum absolute atomic E-state index is 4.88. The van der Waals surface area contributed by atoms with E-state index in [0.29, 0.717) is 0 Å². The minimum atomic E-state index is 0.947. The molecule has 2 aromatic carbocycles. The summed E-state index contributed by atoms with van der Waals surface area (Å²) in [6.07, 6.45) is 0. The van der Waals surface area contributed by atoms with Gasteiger partial charge >= 0.3 is 0 Å². The Morgan fingerprint density at radius 1 is 0.963 bits per heavy atom. The van der Waals surface area contributed by atoms with Crippen LogP contribution in [0.25, 0.3) is 10.6 Å². The van der Waals surface area contributed by atoms with Crippen molar-refractivity contribution in [1.82, 2.24) is 9.88 Å². The molecule has 0 bridgehead atoms. The van der Waals surface area contributed by atoms with Gasteiger partial charge in [0, 0.05) is 49.4 Å². The van der Waals surface area contributed by atoms with Gasteiger partial charge in [-0.1, -0.05) is 35.9 Å². The van der Waals surface area contributed by atoms with Gasteiger partial charge in [0.25, 0.3) is 0 Å². The summed E-state index contributed by atoms with van der Waals surface area (Å²) in [5, 5.41) is 3.34. The highest BCUT2D eigenvalue weighted by Gasteiger charge is 2.19. The first kappa shape index (κ1) is 18.2. The van der Waals surface area contributed by atoms with Gasteiger partial charge in [-0.15, -0.1) is 11.3 Å². The second-order valence-corrected chi connectivity index (χ2v) is 8.35. The summed E-state index contributed by atoms with van der Waals surface area (Å²) >= 11 is 1.75. The highest BCUT2D eigenvalue weighted by Crippen LogP contribution is 2.26. The van der Waals surface area contributed by atoms with E-state index in [4.69, 9.17) is 4.98 Å². The first-order valence-corrected chi connectivity index (χ1v) is 10.5. The van der Waals surface area contributed by atoms with Crippen molar-refractivity contribution in [1.29, 1.82) is 0 Å². The Morgan fingerprint density at radius 2 is 1.74 bits per heavy atom. The number of nitrogens with zero attached hydrogens (tertiary/aromatic N) is 3. The van der Waals surface area contributed by atoms with E-state index in [1.54, 1.807) is 11.3 Å². The minimum absolute atomic E-state index is 0.947. The summed E-state index contributed by atoms with van der Waals surface area (Å²) in [5.74, 6) is 0. The van der Waals surface area contributed by atoms with E-state index in [1.165, 1.54) is 33.6 Å². The largest absolute Gasteiger partial charge is 0.369 e. The van der Waals surface area contributed by atoms with Crippen molar-refractivity contribution in [2.24, 2.45) is 0 Å². The SMILES string of the molecule is Cc1cccc(-c2nc(CN3CCN(c4cccc(C)c4C)CC3)cs2)c1. The van der Waals surface area contributed by atoms with Crippen molar-refractivity contribution in [3.8, 4) is 10.6 Å². The number of anilines is 1. The number of hydrogen-bond donors (Lipinski definition) is 0. The standard InChI is InChI=1S/C23H27N3S/c1-17-6-4-8-20(14-17)23-24-21(16-27-23)15-25-10-12-26(13-11-25)22-9-5-7-18(2)19(22)3/h4-9,14,16H,10-13,15H2,1-3H3. The second kappa shape index (κ2) is 7.83. The zero-order valence-corrected chi connectivity index (χ0v) is 17.2. The highest BCUT2D eigenvalue weighted by atomic mass is 32.1. The molecule has 1 aliphatic heterocycles. The Morgan fingerprint density at radius 3 is 2.52 bits per heavy atom. The molecule has 1 saturated heterocycles. The summed E-state index contributed by atoms with van der Waals surface area (Å²) in [4.78, 5) is 9.93. The predicted octanol–water partition coefficient (Wildman–Crippen LogP) is 5.06. The Bertz CT molecular complexity index is 923. The third kappa shape index (κ3) is 4.07. The van der Waals surface area contributed by atoms with Gasteiger partial charge in [0.1, 0.15) is 5.01 Å². The molecule has 3 nitrogen and oxygen atoms in total. The average molecular weight is 378 g/mol. The molecule has 4 heteroatoms. The lowest BCUT2D eigenvalue weighted by Crippen LogP contribution is -2.46. The van der Waals surface area contributed by atoms with Crippen molar-refractivity contribution in [3.63, 3.8) is 0 Å². The van der Waals surface area contributed by atoms with Crippen LogP contribution < -0.4 is 4.90 Å². The van der Waals surface area contributed by atoms with Gasteiger partial charge in [0.2, 0.25) is 0 Å². The van der Waals surface area contributed by atoms with E-state index >= 15 is 0 Å². The Labute approximate surface area is 166 Å². The Kier molecular flexibility index (Phi) is 5.28. The molecule has 0 amide bonds. The van der Waals surface area contributed by atoms with Crippen LogP contribution in [0.3, 0.4) is 0 Å². The normalized spacial score (nSPS) is 15.3. The van der Waals surface area contributed by atoms with Crippen LogP contribution in [0.2, 0.25) is 0 Å². The van der Waals surface area contributed by atoms with E-state index in [9.17, 15) is 0 Å². The van der Waals surface area contributed by atoms with Gasteiger partial charge in [0.15, 0.2) is 0 Å². The number of thiazole rings is 1. The van der Waals surface area contributed by atoms with E-state index < -0.39 is 0 Å². The monoisotopic (exact) mass is 377 g/mol. The molecule has 140 valence electrons. The first-order chi connectivity index (χ1) is 13.1. The number of rotatable bonds is 4. The smallest absolute Gasteiger partial charge is 0.123 e. The van der Waals surface area contributed by atoms with E-state index in [-0.39, 0.29) is 0 Å². The van der Waals surface area contributed by atoms with E-state index in [2.05, 4.69) is 78.4 Å². The molecule has 0 aliphatic carbocycles. The zero-order valence-electron chi connectivity index (χ0n) is 16.4. The van der Waals surface area contributed by atoms with Crippen LogP contribution in [-0.2, 0) is 6.54 Å². The fraction of sp³-hybridized carbons (Fsp3) is 0.348. The van der Waals surface area contributed by atoms with Gasteiger partial charge in [0.05, 0.1) is 5.69 Å². The summed E-state index contributed by atoms with van der Waals surface area (Å²) in [6.45, 7) is 11.9. The molecule has 1 aliphatic rings. The fourth-order valence-corrected chi connectivity index (χ4v) is 4.55. The summed E-state index contributed by atoms with van der Waals surface area (Å²) in [7, 11) is 0. The number of hydrogen-bond acceptors (Lipinski definition) is 4. The van der Waals surface area contributed by atoms with Crippen LogP contribution in [-0.4, -0.2) is 36.1 Å². The van der Waals surface area contributed by atoms with E-state index in [0.717, 1.165) is 37.7 Å². The summed E-state index contributed by atoms with van der Waals surface area (Å²) in [6, 6.07) is 15.2. The number of piperazine rings is 1. The van der Waals surface area contributed by atoms with Gasteiger partial charge in [-0.3, -0.25) is 4.90 Å². The van der Waals surface area contributed by atoms with Gasteiger partial charge in [-0.2, -0.15) is 0 Å². The van der Waals surface area contributed by atoms with Crippen LogP contribution in [0, 0.1) is 20.8 Å². The number of benzene rings is 2. The average Bonchev–Trinajstić information content (AvgIpc) is 3.13. The van der Waals surface area contributed by atoms with Crippen LogP contribution in [0.1, 0.15) is 22.4 Å². The molecule has 0 unspecified atom stereocenters. The lowest BCUT2D eigenvalue weighted by Gasteiger charge is -2.36. The molecule has 0 spiro atoms. The maximum Gasteiger partial charge on any atom is 0.123 e. The zero-order chi connectivity index (χ0) is 18.8. The molecule has 0 N–H and O–H groups in total. The third-order valence-electron chi connectivity index (χ3n) is 5.49. The number of aryl methyl sites for hydroxylation is 2. The molecule has 2 heterocycles. The molecular weight excluding hydrogens is 350 g/mol.